The van der Waals surface area contributed by atoms with Crippen LogP contribution in [0.1, 0.15) is 25.7 Å². The van der Waals surface area contributed by atoms with Gasteiger partial charge in [-0.3, -0.25) is 9.69 Å². The zero-order valence-electron chi connectivity index (χ0n) is 13.0. The smallest absolute Gasteiger partial charge is 0.236 e. The first-order valence-corrected chi connectivity index (χ1v) is 9.71. The fraction of sp³-hybridized carbons (Fsp3) is 0.929. The van der Waals surface area contributed by atoms with E-state index in [1.54, 1.807) is 0 Å². The number of carbonyl (C=O) groups is 1. The Balaban J connectivity index is 1.87. The normalized spacial score (nSPS) is 27.9. The largest absolute Gasteiger partial charge is 0.339 e. The number of hydrogen-bond acceptors (Lipinski definition) is 5. The molecular formula is C14H27N3O3S. The van der Waals surface area contributed by atoms with E-state index in [9.17, 15) is 13.2 Å². The van der Waals surface area contributed by atoms with Crippen molar-refractivity contribution in [1.82, 2.24) is 15.1 Å². The Kier molecular flexibility index (Phi) is 5.62. The van der Waals surface area contributed by atoms with Crippen LogP contribution in [0.3, 0.4) is 0 Å². The Hall–Kier alpha value is -0.660. The monoisotopic (exact) mass is 317 g/mol. The molecule has 7 heteroatoms. The molecule has 1 heterocycles. The van der Waals surface area contributed by atoms with Gasteiger partial charge in [0.05, 0.1) is 11.8 Å². The second kappa shape index (κ2) is 7.07. The molecule has 1 saturated carbocycles. The van der Waals surface area contributed by atoms with Gasteiger partial charge in [-0.1, -0.05) is 6.42 Å². The lowest BCUT2D eigenvalue weighted by Crippen LogP contribution is -2.51. The van der Waals surface area contributed by atoms with Crippen molar-refractivity contribution < 1.29 is 13.2 Å². The average molecular weight is 317 g/mol. The molecule has 0 aromatic carbocycles. The van der Waals surface area contributed by atoms with Crippen molar-refractivity contribution in [2.75, 3.05) is 46.0 Å². The number of nitrogens with zero attached hydrogens (tertiary/aromatic N) is 2. The molecule has 122 valence electrons. The molecule has 2 aliphatic rings. The molecule has 0 bridgehead atoms. The van der Waals surface area contributed by atoms with Crippen LogP contribution in [0.2, 0.25) is 0 Å². The maximum absolute atomic E-state index is 12.3. The van der Waals surface area contributed by atoms with Crippen molar-refractivity contribution in [3.05, 3.63) is 0 Å². The van der Waals surface area contributed by atoms with Crippen molar-refractivity contribution >= 4 is 15.7 Å². The molecule has 0 aromatic heterocycles. The molecule has 21 heavy (non-hydrogen) atoms. The molecule has 2 unspecified atom stereocenters. The van der Waals surface area contributed by atoms with Crippen molar-refractivity contribution in [2.45, 2.75) is 37.0 Å². The molecule has 2 fully saturated rings. The van der Waals surface area contributed by atoms with Crippen LogP contribution in [-0.4, -0.2) is 81.4 Å². The Morgan fingerprint density at radius 1 is 1.29 bits per heavy atom. The van der Waals surface area contributed by atoms with E-state index in [0.29, 0.717) is 13.0 Å². The molecule has 1 saturated heterocycles. The molecule has 0 radical (unpaired) electrons. The van der Waals surface area contributed by atoms with Gasteiger partial charge in [0.25, 0.3) is 0 Å². The number of likely N-dealkylation sites (N-methyl/N-ethyl adjacent to an activating group) is 1. The summed E-state index contributed by atoms with van der Waals surface area (Å²) in [6.45, 7) is 3.64. The SMILES string of the molecule is CN(CC(=O)N1CCNCC1)C1CCCC(S(C)(=O)=O)C1. The van der Waals surface area contributed by atoms with E-state index >= 15 is 0 Å². The zero-order valence-corrected chi connectivity index (χ0v) is 13.9. The Labute approximate surface area is 127 Å². The fourth-order valence-electron chi connectivity index (χ4n) is 3.27. The second-order valence-corrected chi connectivity index (χ2v) is 8.64. The summed E-state index contributed by atoms with van der Waals surface area (Å²) < 4.78 is 23.4. The second-order valence-electron chi connectivity index (χ2n) is 6.32. The number of nitrogens with one attached hydrogen (secondary N) is 1. The highest BCUT2D eigenvalue weighted by Crippen LogP contribution is 2.26. The molecule has 6 nitrogen and oxygen atoms in total. The van der Waals surface area contributed by atoms with Crippen molar-refractivity contribution in [3.8, 4) is 0 Å². The minimum Gasteiger partial charge on any atom is -0.339 e. The summed E-state index contributed by atoms with van der Waals surface area (Å²) in [5.74, 6) is 0.153. The van der Waals surface area contributed by atoms with Gasteiger partial charge in [0.2, 0.25) is 5.91 Å². The number of rotatable bonds is 4. The number of sulfone groups is 1. The summed E-state index contributed by atoms with van der Waals surface area (Å²) in [6.07, 6.45) is 4.65. The highest BCUT2D eigenvalue weighted by Gasteiger charge is 2.31. The first-order chi connectivity index (χ1) is 9.88. The lowest BCUT2D eigenvalue weighted by atomic mass is 9.94. The van der Waals surface area contributed by atoms with Crippen LogP contribution in [0, 0.1) is 0 Å². The van der Waals surface area contributed by atoms with Crippen LogP contribution in [0.15, 0.2) is 0 Å². The first-order valence-electron chi connectivity index (χ1n) is 7.75. The Bertz CT molecular complexity index is 460. The molecule has 1 N–H and O–H groups in total. The quantitative estimate of drug-likeness (QED) is 0.771. The van der Waals surface area contributed by atoms with Crippen LogP contribution >= 0.6 is 0 Å². The van der Waals surface area contributed by atoms with E-state index in [-0.39, 0.29) is 17.2 Å². The van der Waals surface area contributed by atoms with Gasteiger partial charge in [-0.25, -0.2) is 8.42 Å². The van der Waals surface area contributed by atoms with E-state index in [1.165, 1.54) is 6.26 Å². The Morgan fingerprint density at radius 3 is 2.57 bits per heavy atom. The lowest BCUT2D eigenvalue weighted by molar-refractivity contribution is -0.133. The van der Waals surface area contributed by atoms with Gasteiger partial charge < -0.3 is 10.2 Å². The molecule has 2 atom stereocenters. The third kappa shape index (κ3) is 4.66. The lowest BCUT2D eigenvalue weighted by Gasteiger charge is -2.36. The minimum atomic E-state index is -2.97. The van der Waals surface area contributed by atoms with Gasteiger partial charge in [0, 0.05) is 38.5 Å². The van der Waals surface area contributed by atoms with Crippen LogP contribution in [0.25, 0.3) is 0 Å². The summed E-state index contributed by atoms with van der Waals surface area (Å²) in [6, 6.07) is 0.199. The van der Waals surface area contributed by atoms with E-state index in [4.69, 9.17) is 0 Å². The van der Waals surface area contributed by atoms with Gasteiger partial charge in [0.15, 0.2) is 0 Å². The van der Waals surface area contributed by atoms with Crippen molar-refractivity contribution in [3.63, 3.8) is 0 Å². The van der Waals surface area contributed by atoms with Gasteiger partial charge in [-0.05, 0) is 26.3 Å². The fourth-order valence-corrected chi connectivity index (χ4v) is 4.43. The molecule has 0 aromatic rings. The van der Waals surface area contributed by atoms with Crippen LogP contribution in [0.5, 0.6) is 0 Å². The van der Waals surface area contributed by atoms with E-state index < -0.39 is 9.84 Å². The summed E-state index contributed by atoms with van der Waals surface area (Å²) in [7, 11) is -1.03. The highest BCUT2D eigenvalue weighted by molar-refractivity contribution is 7.91. The number of amides is 1. The molecule has 1 aliphatic heterocycles. The maximum Gasteiger partial charge on any atom is 0.236 e. The molecule has 1 aliphatic carbocycles. The topological polar surface area (TPSA) is 69.7 Å². The summed E-state index contributed by atoms with van der Waals surface area (Å²) >= 11 is 0. The highest BCUT2D eigenvalue weighted by atomic mass is 32.2. The summed E-state index contributed by atoms with van der Waals surface area (Å²) in [5.41, 5.74) is 0. The predicted octanol–water partition coefficient (Wildman–Crippen LogP) is -0.294. The van der Waals surface area contributed by atoms with Crippen molar-refractivity contribution in [2.24, 2.45) is 0 Å². The number of piperazine rings is 1. The van der Waals surface area contributed by atoms with E-state index in [1.807, 2.05) is 16.8 Å². The minimum absolute atomic E-state index is 0.153. The van der Waals surface area contributed by atoms with Gasteiger partial charge >= 0.3 is 0 Å². The summed E-state index contributed by atoms with van der Waals surface area (Å²) in [4.78, 5) is 16.2. The van der Waals surface area contributed by atoms with E-state index in [0.717, 1.165) is 45.4 Å². The van der Waals surface area contributed by atoms with Gasteiger partial charge in [-0.15, -0.1) is 0 Å². The van der Waals surface area contributed by atoms with E-state index in [2.05, 4.69) is 5.32 Å². The molecule has 1 amide bonds. The maximum atomic E-state index is 12.3. The predicted molar refractivity (Wildman–Crippen MR) is 83.0 cm³/mol. The van der Waals surface area contributed by atoms with Crippen LogP contribution in [-0.2, 0) is 14.6 Å². The third-order valence-electron chi connectivity index (χ3n) is 4.68. The van der Waals surface area contributed by atoms with Crippen molar-refractivity contribution in [1.29, 1.82) is 0 Å². The standard InChI is InChI=1S/C14H27N3O3S/c1-16(11-14(18)17-8-6-15-7-9-17)12-4-3-5-13(10-12)21(2,19)20/h12-13,15H,3-11H2,1-2H3. The zero-order chi connectivity index (χ0) is 15.5. The van der Waals surface area contributed by atoms with Crippen LogP contribution in [0.4, 0.5) is 0 Å². The average Bonchev–Trinajstić information content (AvgIpc) is 2.47. The molecular weight excluding hydrogens is 290 g/mol. The third-order valence-corrected chi connectivity index (χ3v) is 6.32. The number of hydrogen-bond donors (Lipinski definition) is 1. The van der Waals surface area contributed by atoms with Gasteiger partial charge in [-0.2, -0.15) is 0 Å². The number of carbonyl (C=O) groups excluding carboxylic acids is 1. The van der Waals surface area contributed by atoms with Gasteiger partial charge in [0.1, 0.15) is 9.84 Å². The molecule has 2 rings (SSSR count). The first kappa shape index (κ1) is 16.7. The Morgan fingerprint density at radius 2 is 1.95 bits per heavy atom. The summed E-state index contributed by atoms with van der Waals surface area (Å²) in [5, 5.41) is 2.99. The van der Waals surface area contributed by atoms with Crippen LogP contribution < -0.4 is 5.32 Å². The molecule has 0 spiro atoms.